The minimum Gasteiger partial charge on any atom is -0.369 e. The molecule has 0 saturated heterocycles. The van der Waals surface area contributed by atoms with Gasteiger partial charge in [0.05, 0.1) is 11.3 Å². The zero-order chi connectivity index (χ0) is 29.6. The van der Waals surface area contributed by atoms with Crippen molar-refractivity contribution < 1.29 is 22.8 Å². The van der Waals surface area contributed by atoms with Crippen LogP contribution >= 0.6 is 11.6 Å². The number of carbonyl (C=O) groups excluding carboxylic acids is 2. The first-order valence-corrected chi connectivity index (χ1v) is 12.8. The van der Waals surface area contributed by atoms with Gasteiger partial charge in [-0.1, -0.05) is 41.4 Å². The van der Waals surface area contributed by atoms with Crippen molar-refractivity contribution in [1.29, 1.82) is 5.26 Å². The van der Waals surface area contributed by atoms with Crippen molar-refractivity contribution >= 4 is 34.9 Å². The minimum atomic E-state index is -4.46. The molecule has 12 heteroatoms. The van der Waals surface area contributed by atoms with Crippen LogP contribution in [0.1, 0.15) is 39.2 Å². The van der Waals surface area contributed by atoms with Crippen LogP contribution in [0, 0.1) is 18.3 Å². The Morgan fingerprint density at radius 1 is 0.976 bits per heavy atom. The van der Waals surface area contributed by atoms with Gasteiger partial charge in [-0.15, -0.1) is 0 Å². The Bertz CT molecular complexity index is 1580. The average Bonchev–Trinajstić information content (AvgIpc) is 3.31. The van der Waals surface area contributed by atoms with Gasteiger partial charge in [0, 0.05) is 29.4 Å². The number of halogens is 4. The lowest BCUT2D eigenvalue weighted by Crippen LogP contribution is -2.30. The summed E-state index contributed by atoms with van der Waals surface area (Å²) in [5, 5.41) is 23.2. The Kier molecular flexibility index (Phi) is 8.94. The van der Waals surface area contributed by atoms with Gasteiger partial charge in [-0.05, 0) is 61.9 Å². The third kappa shape index (κ3) is 7.23. The molecule has 0 bridgehead atoms. The number of alkyl halides is 3. The van der Waals surface area contributed by atoms with E-state index in [1.807, 2.05) is 6.92 Å². The maximum absolute atomic E-state index is 13.3. The molecule has 3 N–H and O–H groups in total. The van der Waals surface area contributed by atoms with Crippen molar-refractivity contribution in [2.75, 3.05) is 23.7 Å². The third-order valence-electron chi connectivity index (χ3n) is 6.00. The summed E-state index contributed by atoms with van der Waals surface area (Å²) in [6.07, 6.45) is -4.05. The number of benzene rings is 3. The molecule has 0 aliphatic heterocycles. The zero-order valence-corrected chi connectivity index (χ0v) is 22.5. The van der Waals surface area contributed by atoms with Gasteiger partial charge in [0.25, 0.3) is 0 Å². The van der Waals surface area contributed by atoms with E-state index in [1.54, 1.807) is 48.5 Å². The number of nitriles is 1. The van der Waals surface area contributed by atoms with E-state index in [1.165, 1.54) is 16.8 Å². The van der Waals surface area contributed by atoms with Gasteiger partial charge < -0.3 is 16.0 Å². The van der Waals surface area contributed by atoms with Crippen molar-refractivity contribution in [2.45, 2.75) is 19.5 Å². The topological polar surface area (TPSA) is 112 Å². The van der Waals surface area contributed by atoms with Crippen molar-refractivity contribution in [2.24, 2.45) is 0 Å². The fourth-order valence-corrected chi connectivity index (χ4v) is 4.00. The highest BCUT2D eigenvalue weighted by molar-refractivity contribution is 6.30. The van der Waals surface area contributed by atoms with E-state index in [9.17, 15) is 28.0 Å². The molecule has 4 aromatic rings. The second-order valence-electron chi connectivity index (χ2n) is 9.00. The molecule has 0 fully saturated rings. The molecule has 41 heavy (non-hydrogen) atoms. The number of aromatic nitrogens is 2. The fraction of sp³-hybridized carbons (Fsp3) is 0.172. The van der Waals surface area contributed by atoms with Gasteiger partial charge in [-0.2, -0.15) is 23.5 Å². The molecule has 2 amide bonds. The first-order chi connectivity index (χ1) is 19.6. The number of nitrogens with zero attached hydrogens (tertiary/aromatic N) is 3. The second-order valence-corrected chi connectivity index (χ2v) is 9.44. The summed E-state index contributed by atoms with van der Waals surface area (Å²) in [5.74, 6) is -0.0987. The summed E-state index contributed by atoms with van der Waals surface area (Å²) in [4.78, 5) is 25.4. The number of ketones is 1. The number of amides is 2. The van der Waals surface area contributed by atoms with E-state index < -0.39 is 23.6 Å². The van der Waals surface area contributed by atoms with E-state index >= 15 is 0 Å². The van der Waals surface area contributed by atoms with Gasteiger partial charge in [-0.25, -0.2) is 9.48 Å². The molecule has 0 atom stereocenters. The lowest BCUT2D eigenvalue weighted by Gasteiger charge is -2.12. The standard InChI is InChI=1S/C29H24ClF3N6O2/c1-18-3-5-19(6-4-18)26(40)25-24(17-34)27(39(38-25)23-13-9-21(30)10-14-23)35-15-2-16-36-28(41)37-22-11-7-20(8-12-22)29(31,32)33/h3-14,35H,2,15-16H2,1H3,(H2,36,37,41). The Morgan fingerprint density at radius 2 is 1.63 bits per heavy atom. The number of aryl methyl sites for hydroxylation is 1. The lowest BCUT2D eigenvalue weighted by molar-refractivity contribution is -0.137. The molecule has 0 radical (unpaired) electrons. The van der Waals surface area contributed by atoms with Crippen LogP contribution in [0.5, 0.6) is 0 Å². The maximum atomic E-state index is 13.3. The number of urea groups is 1. The molecular weight excluding hydrogens is 557 g/mol. The molecule has 1 heterocycles. The van der Waals surface area contributed by atoms with Crippen molar-refractivity contribution in [3.8, 4) is 11.8 Å². The van der Waals surface area contributed by atoms with Crippen LogP contribution < -0.4 is 16.0 Å². The Hall–Kier alpha value is -4.82. The van der Waals surface area contributed by atoms with Crippen LogP contribution in [0.25, 0.3) is 5.69 Å². The number of hydrogen-bond acceptors (Lipinski definition) is 5. The van der Waals surface area contributed by atoms with Crippen LogP contribution in [0.4, 0.5) is 29.5 Å². The molecule has 0 aliphatic rings. The van der Waals surface area contributed by atoms with Crippen LogP contribution in [-0.4, -0.2) is 34.7 Å². The fourth-order valence-electron chi connectivity index (χ4n) is 3.87. The second kappa shape index (κ2) is 12.6. The average molecular weight is 581 g/mol. The highest BCUT2D eigenvalue weighted by Gasteiger charge is 2.30. The van der Waals surface area contributed by atoms with E-state index in [0.717, 1.165) is 17.7 Å². The first-order valence-electron chi connectivity index (χ1n) is 12.4. The quantitative estimate of drug-likeness (QED) is 0.153. The summed E-state index contributed by atoms with van der Waals surface area (Å²) in [6, 6.07) is 19.3. The molecule has 0 aliphatic carbocycles. The van der Waals surface area contributed by atoms with Crippen LogP contribution in [0.15, 0.2) is 72.8 Å². The summed E-state index contributed by atoms with van der Waals surface area (Å²) in [7, 11) is 0. The molecule has 4 rings (SSSR count). The molecular formula is C29H24ClF3N6O2. The molecule has 0 spiro atoms. The highest BCUT2D eigenvalue weighted by Crippen LogP contribution is 2.30. The van der Waals surface area contributed by atoms with Gasteiger partial charge in [0.1, 0.15) is 17.5 Å². The number of nitrogens with one attached hydrogen (secondary N) is 3. The number of rotatable bonds is 9. The summed E-state index contributed by atoms with van der Waals surface area (Å²) < 4.78 is 39.6. The van der Waals surface area contributed by atoms with Crippen LogP contribution in [0.3, 0.4) is 0 Å². The molecule has 3 aromatic carbocycles. The van der Waals surface area contributed by atoms with Crippen LogP contribution in [0.2, 0.25) is 5.02 Å². The number of anilines is 2. The zero-order valence-electron chi connectivity index (χ0n) is 21.7. The number of hydrogen-bond donors (Lipinski definition) is 3. The highest BCUT2D eigenvalue weighted by atomic mass is 35.5. The normalized spacial score (nSPS) is 11.0. The Morgan fingerprint density at radius 3 is 2.24 bits per heavy atom. The minimum absolute atomic E-state index is 0.0113. The maximum Gasteiger partial charge on any atom is 0.416 e. The number of carbonyl (C=O) groups is 2. The van der Waals surface area contributed by atoms with E-state index in [0.29, 0.717) is 35.1 Å². The van der Waals surface area contributed by atoms with Gasteiger partial charge in [-0.3, -0.25) is 4.79 Å². The van der Waals surface area contributed by atoms with Gasteiger partial charge in [0.15, 0.2) is 5.69 Å². The van der Waals surface area contributed by atoms with Gasteiger partial charge >= 0.3 is 12.2 Å². The SMILES string of the molecule is Cc1ccc(C(=O)c2nn(-c3ccc(Cl)cc3)c(NCCCNC(=O)Nc3ccc(C(F)(F)F)cc3)c2C#N)cc1. The predicted molar refractivity (Wildman–Crippen MR) is 149 cm³/mol. The molecule has 0 unspecified atom stereocenters. The van der Waals surface area contributed by atoms with E-state index in [-0.39, 0.29) is 23.5 Å². The van der Waals surface area contributed by atoms with Crippen molar-refractivity contribution in [3.05, 3.63) is 106 Å². The molecule has 1 aromatic heterocycles. The molecule has 0 saturated carbocycles. The molecule has 210 valence electrons. The third-order valence-corrected chi connectivity index (χ3v) is 6.25. The molecule has 8 nitrogen and oxygen atoms in total. The van der Waals surface area contributed by atoms with Gasteiger partial charge in [0.2, 0.25) is 5.78 Å². The summed E-state index contributed by atoms with van der Waals surface area (Å²) in [5.41, 5.74) is 1.41. The van der Waals surface area contributed by atoms with Crippen LogP contribution in [-0.2, 0) is 6.18 Å². The predicted octanol–water partition coefficient (Wildman–Crippen LogP) is 6.58. The summed E-state index contributed by atoms with van der Waals surface area (Å²) >= 11 is 6.03. The summed E-state index contributed by atoms with van der Waals surface area (Å²) in [6.45, 7) is 2.41. The largest absolute Gasteiger partial charge is 0.416 e. The van der Waals surface area contributed by atoms with Crippen molar-refractivity contribution in [3.63, 3.8) is 0 Å². The lowest BCUT2D eigenvalue weighted by atomic mass is 10.0. The van der Waals surface area contributed by atoms with E-state index in [2.05, 4.69) is 27.1 Å². The van der Waals surface area contributed by atoms with Crippen molar-refractivity contribution in [1.82, 2.24) is 15.1 Å². The Balaban J connectivity index is 1.43. The monoisotopic (exact) mass is 580 g/mol. The van der Waals surface area contributed by atoms with E-state index in [4.69, 9.17) is 11.6 Å². The smallest absolute Gasteiger partial charge is 0.369 e. The Labute approximate surface area is 238 Å². The first kappa shape index (κ1) is 29.2.